The molecule has 1 fully saturated rings. The molecule has 1 aromatic rings. The molecule has 4 heteroatoms. The van der Waals surface area contributed by atoms with E-state index in [-0.39, 0.29) is 5.54 Å². The molecule has 1 N–H and O–H groups in total. The summed E-state index contributed by atoms with van der Waals surface area (Å²) in [5.74, 6) is 0. The second-order valence-electron chi connectivity index (χ2n) is 4.09. The molecule has 4 nitrogen and oxygen atoms in total. The van der Waals surface area contributed by atoms with E-state index in [4.69, 9.17) is 0 Å². The van der Waals surface area contributed by atoms with Crippen molar-refractivity contribution in [3.05, 3.63) is 11.9 Å². The van der Waals surface area contributed by atoms with Gasteiger partial charge in [0.25, 0.3) is 0 Å². The maximum atomic E-state index is 4.28. The number of hydrogen-bond donors (Lipinski definition) is 1. The van der Waals surface area contributed by atoms with Crippen molar-refractivity contribution < 1.29 is 0 Å². The van der Waals surface area contributed by atoms with Crippen LogP contribution in [0.15, 0.2) is 6.20 Å². The highest BCUT2D eigenvalue weighted by molar-refractivity contribution is 5.02. The lowest BCUT2D eigenvalue weighted by atomic mass is 9.94. The van der Waals surface area contributed by atoms with Crippen LogP contribution in [0.3, 0.4) is 0 Å². The highest BCUT2D eigenvalue weighted by Gasteiger charge is 2.28. The van der Waals surface area contributed by atoms with Crippen molar-refractivity contribution in [2.24, 2.45) is 7.05 Å². The average molecular weight is 180 g/mol. The Bertz CT molecular complexity index is 286. The molecule has 1 atom stereocenters. The molecule has 0 spiro atoms. The Morgan fingerprint density at radius 2 is 2.54 bits per heavy atom. The first kappa shape index (κ1) is 8.69. The SMILES string of the molecule is Cn1ncc(CC2(C)CCCN2)n1. The lowest BCUT2D eigenvalue weighted by Gasteiger charge is -2.22. The van der Waals surface area contributed by atoms with E-state index in [9.17, 15) is 0 Å². The van der Waals surface area contributed by atoms with Crippen molar-refractivity contribution in [2.45, 2.75) is 31.7 Å². The molecule has 2 rings (SSSR count). The summed E-state index contributed by atoms with van der Waals surface area (Å²) in [6.07, 6.45) is 5.35. The Labute approximate surface area is 78.3 Å². The maximum absolute atomic E-state index is 4.28. The van der Waals surface area contributed by atoms with Crippen LogP contribution in [-0.4, -0.2) is 27.1 Å². The molecule has 1 aliphatic rings. The summed E-state index contributed by atoms with van der Waals surface area (Å²) in [6, 6.07) is 0. The van der Waals surface area contributed by atoms with Gasteiger partial charge in [-0.15, -0.1) is 0 Å². The number of aromatic nitrogens is 3. The fraction of sp³-hybridized carbons (Fsp3) is 0.778. The second kappa shape index (κ2) is 3.10. The van der Waals surface area contributed by atoms with Gasteiger partial charge in [0.2, 0.25) is 0 Å². The number of rotatable bonds is 2. The van der Waals surface area contributed by atoms with Crippen LogP contribution in [0.1, 0.15) is 25.5 Å². The van der Waals surface area contributed by atoms with Gasteiger partial charge in [-0.2, -0.15) is 15.0 Å². The fourth-order valence-corrected chi connectivity index (χ4v) is 1.98. The van der Waals surface area contributed by atoms with Gasteiger partial charge in [0.15, 0.2) is 0 Å². The molecule has 0 aliphatic carbocycles. The van der Waals surface area contributed by atoms with Gasteiger partial charge in [-0.1, -0.05) is 0 Å². The zero-order chi connectivity index (χ0) is 9.31. The third kappa shape index (κ3) is 1.88. The van der Waals surface area contributed by atoms with Gasteiger partial charge in [-0.25, -0.2) is 0 Å². The van der Waals surface area contributed by atoms with Crippen LogP contribution in [0.2, 0.25) is 0 Å². The molecule has 0 amide bonds. The minimum Gasteiger partial charge on any atom is -0.311 e. The van der Waals surface area contributed by atoms with Crippen LogP contribution in [0.4, 0.5) is 0 Å². The molecule has 0 bridgehead atoms. The molecule has 1 aliphatic heterocycles. The number of hydrogen-bond acceptors (Lipinski definition) is 3. The first-order valence-corrected chi connectivity index (χ1v) is 4.78. The van der Waals surface area contributed by atoms with Crippen LogP contribution in [0.25, 0.3) is 0 Å². The summed E-state index contributed by atoms with van der Waals surface area (Å²) in [4.78, 5) is 1.62. The normalized spacial score (nSPS) is 28.2. The third-order valence-electron chi connectivity index (χ3n) is 2.68. The van der Waals surface area contributed by atoms with E-state index >= 15 is 0 Å². The molecule has 0 aromatic carbocycles. The predicted octanol–water partition coefficient (Wildman–Crippen LogP) is 0.500. The molecule has 1 aromatic heterocycles. The van der Waals surface area contributed by atoms with Gasteiger partial charge in [0.1, 0.15) is 0 Å². The first-order valence-electron chi connectivity index (χ1n) is 4.78. The predicted molar refractivity (Wildman–Crippen MR) is 50.3 cm³/mol. The molecule has 0 saturated carbocycles. The first-order chi connectivity index (χ1) is 6.18. The molecule has 0 radical (unpaired) electrons. The highest BCUT2D eigenvalue weighted by atomic mass is 15.4. The zero-order valence-electron chi connectivity index (χ0n) is 8.25. The maximum Gasteiger partial charge on any atom is 0.0845 e. The molecule has 2 heterocycles. The summed E-state index contributed by atoms with van der Waals surface area (Å²) in [5, 5.41) is 11.9. The lowest BCUT2D eigenvalue weighted by Crippen LogP contribution is -2.38. The summed E-state index contributed by atoms with van der Waals surface area (Å²) in [6.45, 7) is 3.39. The molecule has 72 valence electrons. The Hall–Kier alpha value is -0.900. The van der Waals surface area contributed by atoms with Gasteiger partial charge in [-0.3, -0.25) is 0 Å². The lowest BCUT2D eigenvalue weighted by molar-refractivity contribution is 0.407. The molecular formula is C9H16N4. The quantitative estimate of drug-likeness (QED) is 0.720. The van der Waals surface area contributed by atoms with Crippen molar-refractivity contribution in [1.29, 1.82) is 0 Å². The van der Waals surface area contributed by atoms with Crippen molar-refractivity contribution in [2.75, 3.05) is 6.54 Å². The Morgan fingerprint density at radius 1 is 1.69 bits per heavy atom. The second-order valence-corrected chi connectivity index (χ2v) is 4.09. The average Bonchev–Trinajstić information content (AvgIpc) is 2.62. The van der Waals surface area contributed by atoms with E-state index < -0.39 is 0 Å². The number of nitrogens with zero attached hydrogens (tertiary/aromatic N) is 3. The van der Waals surface area contributed by atoms with Crippen LogP contribution in [0.5, 0.6) is 0 Å². The van der Waals surface area contributed by atoms with Gasteiger partial charge in [-0.05, 0) is 26.3 Å². The van der Waals surface area contributed by atoms with Crippen molar-refractivity contribution >= 4 is 0 Å². The largest absolute Gasteiger partial charge is 0.311 e. The standard InChI is InChI=1S/C9H16N4/c1-9(4-3-5-10-9)6-8-7-11-13(2)12-8/h7,10H,3-6H2,1-2H3. The summed E-state index contributed by atoms with van der Waals surface area (Å²) < 4.78 is 0. The van der Waals surface area contributed by atoms with Crippen LogP contribution in [-0.2, 0) is 13.5 Å². The van der Waals surface area contributed by atoms with E-state index in [1.54, 1.807) is 4.80 Å². The molecular weight excluding hydrogens is 164 g/mol. The van der Waals surface area contributed by atoms with Gasteiger partial charge in [0, 0.05) is 19.0 Å². The fourth-order valence-electron chi connectivity index (χ4n) is 1.98. The van der Waals surface area contributed by atoms with Crippen LogP contribution in [0, 0.1) is 0 Å². The smallest absolute Gasteiger partial charge is 0.0845 e. The summed E-state index contributed by atoms with van der Waals surface area (Å²) >= 11 is 0. The number of nitrogens with one attached hydrogen (secondary N) is 1. The molecule has 13 heavy (non-hydrogen) atoms. The summed E-state index contributed by atoms with van der Waals surface area (Å²) in [7, 11) is 1.86. The monoisotopic (exact) mass is 180 g/mol. The van der Waals surface area contributed by atoms with Gasteiger partial charge < -0.3 is 5.32 Å². The van der Waals surface area contributed by atoms with E-state index in [2.05, 4.69) is 22.4 Å². The van der Waals surface area contributed by atoms with Crippen molar-refractivity contribution in [3.63, 3.8) is 0 Å². The van der Waals surface area contributed by atoms with Crippen molar-refractivity contribution in [1.82, 2.24) is 20.3 Å². The van der Waals surface area contributed by atoms with Crippen molar-refractivity contribution in [3.8, 4) is 0 Å². The van der Waals surface area contributed by atoms with Gasteiger partial charge in [0.05, 0.1) is 11.9 Å². The minimum absolute atomic E-state index is 0.246. The van der Waals surface area contributed by atoms with E-state index in [1.165, 1.54) is 12.8 Å². The Balaban J connectivity index is 2.04. The highest BCUT2D eigenvalue weighted by Crippen LogP contribution is 2.21. The third-order valence-corrected chi connectivity index (χ3v) is 2.68. The van der Waals surface area contributed by atoms with E-state index in [1.807, 2.05) is 13.2 Å². The van der Waals surface area contributed by atoms with Gasteiger partial charge >= 0.3 is 0 Å². The zero-order valence-corrected chi connectivity index (χ0v) is 8.25. The summed E-state index contributed by atoms with van der Waals surface area (Å²) in [5.41, 5.74) is 1.33. The van der Waals surface area contributed by atoms with Crippen LogP contribution >= 0.6 is 0 Å². The number of aryl methyl sites for hydroxylation is 1. The topological polar surface area (TPSA) is 42.7 Å². The van der Waals surface area contributed by atoms with E-state index in [0.717, 1.165) is 18.7 Å². The van der Waals surface area contributed by atoms with Crippen LogP contribution < -0.4 is 5.32 Å². The minimum atomic E-state index is 0.246. The van der Waals surface area contributed by atoms with E-state index in [0.29, 0.717) is 0 Å². The Kier molecular flexibility index (Phi) is 2.07. The molecule has 1 unspecified atom stereocenters. The molecule has 1 saturated heterocycles. The Morgan fingerprint density at radius 3 is 3.08 bits per heavy atom.